The van der Waals surface area contributed by atoms with Crippen molar-refractivity contribution in [3.8, 4) is 0 Å². The van der Waals surface area contributed by atoms with Gasteiger partial charge in [-0.25, -0.2) is 12.8 Å². The molecular formula is C28H30FN3O3S. The molecule has 0 aliphatic carbocycles. The van der Waals surface area contributed by atoms with Gasteiger partial charge in [0.05, 0.1) is 16.7 Å². The van der Waals surface area contributed by atoms with Gasteiger partial charge in [-0.05, 0) is 60.0 Å². The quantitative estimate of drug-likeness (QED) is 0.548. The minimum Gasteiger partial charge on any atom is -0.369 e. The van der Waals surface area contributed by atoms with Crippen LogP contribution in [0.15, 0.2) is 77.7 Å². The number of fused-ring (bicyclic) bond motifs is 2. The second-order valence-corrected chi connectivity index (χ2v) is 11.4. The van der Waals surface area contributed by atoms with Crippen molar-refractivity contribution in [2.24, 2.45) is 0 Å². The van der Waals surface area contributed by atoms with Crippen LogP contribution in [0.5, 0.6) is 0 Å². The first-order valence-corrected chi connectivity index (χ1v) is 14.0. The lowest BCUT2D eigenvalue weighted by Crippen LogP contribution is -2.46. The Morgan fingerprint density at radius 1 is 0.889 bits per heavy atom. The van der Waals surface area contributed by atoms with Gasteiger partial charge in [0.15, 0.2) is 9.84 Å². The number of nitrogens with one attached hydrogen (secondary N) is 1. The fraction of sp³-hybridized carbons (Fsp3) is 0.321. The first-order chi connectivity index (χ1) is 17.4. The molecule has 0 radical (unpaired) electrons. The van der Waals surface area contributed by atoms with E-state index in [9.17, 15) is 17.6 Å². The molecule has 1 amide bonds. The molecular weight excluding hydrogens is 477 g/mol. The molecule has 188 valence electrons. The number of halogens is 1. The van der Waals surface area contributed by atoms with E-state index in [0.29, 0.717) is 12.0 Å². The lowest BCUT2D eigenvalue weighted by atomic mass is 9.95. The van der Waals surface area contributed by atoms with E-state index < -0.39 is 15.9 Å². The van der Waals surface area contributed by atoms with Crippen LogP contribution in [0, 0.1) is 5.82 Å². The van der Waals surface area contributed by atoms with Crippen LogP contribution >= 0.6 is 0 Å². The van der Waals surface area contributed by atoms with Crippen molar-refractivity contribution >= 4 is 21.4 Å². The number of rotatable bonds is 6. The molecule has 0 bridgehead atoms. The topological polar surface area (TPSA) is 69.7 Å². The Morgan fingerprint density at radius 3 is 2.31 bits per heavy atom. The Bertz CT molecular complexity index is 1340. The monoisotopic (exact) mass is 507 g/mol. The highest BCUT2D eigenvalue weighted by Gasteiger charge is 2.31. The standard InChI is InChI=1S/C28H30FN3O3S/c29-22-11-13-23(14-12-22)32-18-16-31(17-19-32)15-5-10-27(33)30-28-24-7-2-1-6-21(24)20-36(34,35)26-9-4-3-8-25(26)28/h1-4,6-9,11-14,28H,5,10,15-20H2,(H,30,33). The van der Waals surface area contributed by atoms with E-state index in [1.54, 1.807) is 18.2 Å². The zero-order valence-electron chi connectivity index (χ0n) is 20.1. The molecule has 1 unspecified atom stereocenters. The summed E-state index contributed by atoms with van der Waals surface area (Å²) in [5, 5.41) is 3.12. The Hall–Kier alpha value is -3.23. The third-order valence-electron chi connectivity index (χ3n) is 7.02. The third-order valence-corrected chi connectivity index (χ3v) is 8.76. The number of sulfone groups is 1. The van der Waals surface area contributed by atoms with Gasteiger partial charge < -0.3 is 10.2 Å². The van der Waals surface area contributed by atoms with Crippen LogP contribution in [0.25, 0.3) is 0 Å². The minimum atomic E-state index is -3.50. The molecule has 3 aromatic rings. The van der Waals surface area contributed by atoms with E-state index in [-0.39, 0.29) is 22.4 Å². The van der Waals surface area contributed by atoms with E-state index in [2.05, 4.69) is 15.1 Å². The van der Waals surface area contributed by atoms with Gasteiger partial charge in [-0.3, -0.25) is 9.69 Å². The summed E-state index contributed by atoms with van der Waals surface area (Å²) in [6.45, 7) is 4.32. The lowest BCUT2D eigenvalue weighted by Gasteiger charge is -2.36. The maximum absolute atomic E-state index is 13.2. The van der Waals surface area contributed by atoms with E-state index in [4.69, 9.17) is 0 Å². The van der Waals surface area contributed by atoms with E-state index in [0.717, 1.165) is 56.0 Å². The molecule has 1 saturated heterocycles. The summed E-state index contributed by atoms with van der Waals surface area (Å²) >= 11 is 0. The van der Waals surface area contributed by atoms with Gasteiger partial charge in [0, 0.05) is 38.3 Å². The summed E-state index contributed by atoms with van der Waals surface area (Å²) in [6, 6.07) is 20.5. The van der Waals surface area contributed by atoms with Gasteiger partial charge in [-0.2, -0.15) is 0 Å². The smallest absolute Gasteiger partial charge is 0.220 e. The zero-order valence-corrected chi connectivity index (χ0v) is 20.9. The van der Waals surface area contributed by atoms with E-state index >= 15 is 0 Å². The van der Waals surface area contributed by atoms with Crippen LogP contribution < -0.4 is 10.2 Å². The highest BCUT2D eigenvalue weighted by Crippen LogP contribution is 2.36. The molecule has 2 aliphatic heterocycles. The highest BCUT2D eigenvalue weighted by molar-refractivity contribution is 7.90. The van der Waals surface area contributed by atoms with Crippen LogP contribution in [-0.2, 0) is 20.4 Å². The number of carbonyl (C=O) groups excluding carboxylic acids is 1. The maximum atomic E-state index is 13.2. The van der Waals surface area contributed by atoms with E-state index in [1.807, 2.05) is 42.5 Å². The number of hydrogen-bond acceptors (Lipinski definition) is 5. The molecule has 6 nitrogen and oxygen atoms in total. The number of nitrogens with zero attached hydrogens (tertiary/aromatic N) is 2. The first-order valence-electron chi connectivity index (χ1n) is 12.3. The molecule has 0 saturated carbocycles. The van der Waals surface area contributed by atoms with Crippen LogP contribution in [0.1, 0.15) is 35.6 Å². The fourth-order valence-corrected chi connectivity index (χ4v) is 6.79. The van der Waals surface area contributed by atoms with Gasteiger partial charge in [0.2, 0.25) is 5.91 Å². The highest BCUT2D eigenvalue weighted by atomic mass is 32.2. The number of benzene rings is 3. The van der Waals surface area contributed by atoms with Crippen LogP contribution in [0.4, 0.5) is 10.1 Å². The molecule has 8 heteroatoms. The molecule has 0 aromatic heterocycles. The number of hydrogen-bond donors (Lipinski definition) is 1. The largest absolute Gasteiger partial charge is 0.369 e. The maximum Gasteiger partial charge on any atom is 0.220 e. The summed E-state index contributed by atoms with van der Waals surface area (Å²) in [4.78, 5) is 17.9. The summed E-state index contributed by atoms with van der Waals surface area (Å²) in [5.74, 6) is -0.391. The number of amides is 1. The zero-order chi connectivity index (χ0) is 25.1. The second kappa shape index (κ2) is 10.4. The first kappa shape index (κ1) is 24.5. The van der Waals surface area contributed by atoms with Gasteiger partial charge in [0.1, 0.15) is 5.82 Å². The molecule has 5 rings (SSSR count). The summed E-state index contributed by atoms with van der Waals surface area (Å²) in [5.41, 5.74) is 3.20. The molecule has 0 spiro atoms. The van der Waals surface area contributed by atoms with Crippen molar-refractivity contribution in [2.75, 3.05) is 37.6 Å². The summed E-state index contributed by atoms with van der Waals surface area (Å²) < 4.78 is 39.2. The lowest BCUT2D eigenvalue weighted by molar-refractivity contribution is -0.121. The molecule has 3 aromatic carbocycles. The Labute approximate surface area is 211 Å². The Balaban J connectivity index is 1.19. The molecule has 1 N–H and O–H groups in total. The van der Waals surface area contributed by atoms with Crippen molar-refractivity contribution in [3.05, 3.63) is 95.3 Å². The average molecular weight is 508 g/mol. The molecule has 1 fully saturated rings. The van der Waals surface area contributed by atoms with Crippen molar-refractivity contribution < 1.29 is 17.6 Å². The van der Waals surface area contributed by atoms with Gasteiger partial charge in [-0.15, -0.1) is 0 Å². The predicted octanol–water partition coefficient (Wildman–Crippen LogP) is 3.92. The van der Waals surface area contributed by atoms with Crippen LogP contribution in [0.3, 0.4) is 0 Å². The summed E-state index contributed by atoms with van der Waals surface area (Å²) in [7, 11) is -3.50. The molecule has 2 aliphatic rings. The predicted molar refractivity (Wildman–Crippen MR) is 138 cm³/mol. The van der Waals surface area contributed by atoms with Crippen LogP contribution in [-0.4, -0.2) is 51.9 Å². The van der Waals surface area contributed by atoms with Crippen LogP contribution in [0.2, 0.25) is 0 Å². The number of piperazine rings is 1. The second-order valence-electron chi connectivity index (χ2n) is 9.40. The number of carbonyl (C=O) groups is 1. The Morgan fingerprint density at radius 2 is 1.56 bits per heavy atom. The van der Waals surface area contributed by atoms with Crippen molar-refractivity contribution in [1.82, 2.24) is 10.2 Å². The van der Waals surface area contributed by atoms with Gasteiger partial charge in [-0.1, -0.05) is 42.5 Å². The van der Waals surface area contributed by atoms with Crippen molar-refractivity contribution in [2.45, 2.75) is 29.5 Å². The molecule has 36 heavy (non-hydrogen) atoms. The van der Waals surface area contributed by atoms with Gasteiger partial charge in [0.25, 0.3) is 0 Å². The van der Waals surface area contributed by atoms with E-state index in [1.165, 1.54) is 12.1 Å². The van der Waals surface area contributed by atoms with Crippen molar-refractivity contribution in [3.63, 3.8) is 0 Å². The molecule has 2 heterocycles. The SMILES string of the molecule is O=C(CCCN1CCN(c2ccc(F)cc2)CC1)NC1c2ccccc2CS(=O)(=O)c2ccccc21. The summed E-state index contributed by atoms with van der Waals surface area (Å²) in [6.07, 6.45) is 1.09. The normalized spacial score (nSPS) is 19.1. The fourth-order valence-electron chi connectivity index (χ4n) is 5.13. The minimum absolute atomic E-state index is 0.0730. The average Bonchev–Trinajstić information content (AvgIpc) is 2.97. The molecule has 1 atom stereocenters. The Kier molecular flexibility index (Phi) is 7.07. The number of anilines is 1. The van der Waals surface area contributed by atoms with Crippen molar-refractivity contribution in [1.29, 1.82) is 0 Å². The third kappa shape index (κ3) is 5.29. The van der Waals surface area contributed by atoms with Gasteiger partial charge >= 0.3 is 0 Å².